The fourth-order valence-electron chi connectivity index (χ4n) is 3.00. The van der Waals surface area contributed by atoms with E-state index in [9.17, 15) is 0 Å². The third kappa shape index (κ3) is 6.52. The molecule has 1 unspecified atom stereocenters. The van der Waals surface area contributed by atoms with Gasteiger partial charge in [0.25, 0.3) is 0 Å². The van der Waals surface area contributed by atoms with Gasteiger partial charge in [0, 0.05) is 25.9 Å². The largest absolute Gasteiger partial charge is 0.501 e. The van der Waals surface area contributed by atoms with Crippen LogP contribution in [0.1, 0.15) is 52.5 Å². The van der Waals surface area contributed by atoms with E-state index in [4.69, 9.17) is 13.3 Å². The van der Waals surface area contributed by atoms with Crippen LogP contribution in [0.15, 0.2) is 36.9 Å². The van der Waals surface area contributed by atoms with Crippen molar-refractivity contribution in [2.75, 3.05) is 19.8 Å². The van der Waals surface area contributed by atoms with Gasteiger partial charge >= 0.3 is 8.80 Å². The van der Waals surface area contributed by atoms with E-state index in [1.807, 2.05) is 26.8 Å². The Hall–Kier alpha value is -0.943. The molecule has 0 aromatic heterocycles. The molecule has 0 saturated heterocycles. The van der Waals surface area contributed by atoms with Gasteiger partial charge in [-0.15, -0.1) is 0 Å². The number of benzene rings is 1. The van der Waals surface area contributed by atoms with Gasteiger partial charge < -0.3 is 13.3 Å². The van der Waals surface area contributed by atoms with Crippen molar-refractivity contribution < 1.29 is 13.3 Å². The van der Waals surface area contributed by atoms with Crippen LogP contribution < -0.4 is 0 Å². The normalized spacial score (nSPS) is 13.0. The predicted molar refractivity (Wildman–Crippen MR) is 104 cm³/mol. The first-order valence-electron chi connectivity index (χ1n) is 9.28. The van der Waals surface area contributed by atoms with E-state index in [-0.39, 0.29) is 0 Å². The summed E-state index contributed by atoms with van der Waals surface area (Å²) < 4.78 is 18.2. The predicted octanol–water partition coefficient (Wildman–Crippen LogP) is 5.55. The molecule has 0 fully saturated rings. The molecule has 1 atom stereocenters. The highest BCUT2D eigenvalue weighted by atomic mass is 28.4. The average Bonchev–Trinajstić information content (AvgIpc) is 2.59. The lowest BCUT2D eigenvalue weighted by Crippen LogP contribution is -2.47. The zero-order valence-electron chi connectivity index (χ0n) is 15.8. The van der Waals surface area contributed by atoms with E-state index in [2.05, 4.69) is 37.8 Å². The van der Waals surface area contributed by atoms with Gasteiger partial charge in [-0.25, -0.2) is 0 Å². The molecule has 0 amide bonds. The second-order valence-corrected chi connectivity index (χ2v) is 8.56. The number of hydrogen-bond acceptors (Lipinski definition) is 3. The van der Waals surface area contributed by atoms with Gasteiger partial charge in [-0.1, -0.05) is 56.7 Å². The quantitative estimate of drug-likeness (QED) is 0.436. The fraction of sp³-hybridized carbons (Fsp3) is 0.600. The first-order valence-corrected chi connectivity index (χ1v) is 11.2. The standard InChI is InChI=1S/C20H34O3Si/c1-6-10-14-20(18(5)19-15-12-11-13-16-19)17-24(21-7-2,22-8-3)23-9-4/h11-13,15-16,20H,5-10,14,17H2,1-4H3. The van der Waals surface area contributed by atoms with Gasteiger partial charge in [0.15, 0.2) is 0 Å². The molecule has 136 valence electrons. The summed E-state index contributed by atoms with van der Waals surface area (Å²) >= 11 is 0. The van der Waals surface area contributed by atoms with Crippen LogP contribution in [0.4, 0.5) is 0 Å². The molecule has 1 rings (SSSR count). The summed E-state index contributed by atoms with van der Waals surface area (Å²) in [6.07, 6.45) is 3.43. The molecule has 0 N–H and O–H groups in total. The lowest BCUT2D eigenvalue weighted by atomic mass is 9.91. The number of allylic oxidation sites excluding steroid dienone is 1. The minimum Gasteiger partial charge on any atom is -0.374 e. The summed E-state index contributed by atoms with van der Waals surface area (Å²) in [5, 5.41) is 0. The Morgan fingerprint density at radius 1 is 0.958 bits per heavy atom. The van der Waals surface area contributed by atoms with Gasteiger partial charge in [-0.05, 0) is 44.2 Å². The van der Waals surface area contributed by atoms with Gasteiger partial charge in [0.2, 0.25) is 0 Å². The molecule has 1 aromatic rings. The second-order valence-electron chi connectivity index (χ2n) is 5.92. The van der Waals surface area contributed by atoms with Crippen LogP contribution in [0.25, 0.3) is 5.57 Å². The number of unbranched alkanes of at least 4 members (excludes halogenated alkanes) is 1. The molecule has 0 aliphatic rings. The van der Waals surface area contributed by atoms with Crippen molar-refractivity contribution in [2.24, 2.45) is 5.92 Å². The van der Waals surface area contributed by atoms with Crippen LogP contribution in [-0.4, -0.2) is 28.6 Å². The highest BCUT2D eigenvalue weighted by Gasteiger charge is 2.43. The summed E-state index contributed by atoms with van der Waals surface area (Å²) in [5.41, 5.74) is 2.37. The Labute approximate surface area is 149 Å². The Morgan fingerprint density at radius 2 is 1.50 bits per heavy atom. The fourth-order valence-corrected chi connectivity index (χ4v) is 5.98. The van der Waals surface area contributed by atoms with E-state index in [0.717, 1.165) is 12.5 Å². The van der Waals surface area contributed by atoms with Crippen molar-refractivity contribution in [2.45, 2.75) is 53.0 Å². The van der Waals surface area contributed by atoms with Crippen LogP contribution in [0.2, 0.25) is 6.04 Å². The van der Waals surface area contributed by atoms with E-state index in [1.165, 1.54) is 24.0 Å². The Balaban J connectivity index is 3.01. The summed E-state index contributed by atoms with van der Waals surface area (Å²) in [6.45, 7) is 14.5. The summed E-state index contributed by atoms with van der Waals surface area (Å²) in [7, 11) is -2.67. The topological polar surface area (TPSA) is 27.7 Å². The lowest BCUT2D eigenvalue weighted by molar-refractivity contribution is 0.0685. The van der Waals surface area contributed by atoms with Crippen molar-refractivity contribution in [3.63, 3.8) is 0 Å². The smallest absolute Gasteiger partial charge is 0.374 e. The third-order valence-corrected chi connectivity index (χ3v) is 7.31. The van der Waals surface area contributed by atoms with E-state index < -0.39 is 8.80 Å². The first kappa shape index (κ1) is 21.1. The van der Waals surface area contributed by atoms with Crippen LogP contribution in [-0.2, 0) is 13.3 Å². The second kappa shape index (κ2) is 11.6. The van der Waals surface area contributed by atoms with Crippen molar-refractivity contribution in [3.8, 4) is 0 Å². The van der Waals surface area contributed by atoms with E-state index in [1.54, 1.807) is 0 Å². The van der Waals surface area contributed by atoms with Gasteiger partial charge in [-0.2, -0.15) is 0 Å². The monoisotopic (exact) mass is 350 g/mol. The van der Waals surface area contributed by atoms with E-state index in [0.29, 0.717) is 25.7 Å². The summed E-state index contributed by atoms with van der Waals surface area (Å²) in [6, 6.07) is 11.2. The maximum absolute atomic E-state index is 6.06. The molecule has 0 radical (unpaired) electrons. The molecular formula is C20H34O3Si. The molecule has 0 spiro atoms. The van der Waals surface area contributed by atoms with Gasteiger partial charge in [0.05, 0.1) is 0 Å². The molecule has 0 saturated carbocycles. The average molecular weight is 351 g/mol. The molecule has 0 heterocycles. The van der Waals surface area contributed by atoms with Crippen LogP contribution in [0.3, 0.4) is 0 Å². The third-order valence-electron chi connectivity index (χ3n) is 4.13. The zero-order valence-corrected chi connectivity index (χ0v) is 16.8. The van der Waals surface area contributed by atoms with Crippen molar-refractivity contribution in [1.82, 2.24) is 0 Å². The highest BCUT2D eigenvalue weighted by molar-refractivity contribution is 6.61. The van der Waals surface area contributed by atoms with Crippen LogP contribution in [0, 0.1) is 5.92 Å². The lowest BCUT2D eigenvalue weighted by Gasteiger charge is -2.32. The van der Waals surface area contributed by atoms with Gasteiger partial charge in [-0.3, -0.25) is 0 Å². The molecule has 0 aliphatic carbocycles. The molecular weight excluding hydrogens is 316 g/mol. The maximum atomic E-state index is 6.06. The Bertz CT molecular complexity index is 444. The molecule has 1 aromatic carbocycles. The summed E-state index contributed by atoms with van der Waals surface area (Å²) in [4.78, 5) is 0. The molecule has 24 heavy (non-hydrogen) atoms. The number of rotatable bonds is 13. The van der Waals surface area contributed by atoms with Crippen LogP contribution in [0.5, 0.6) is 0 Å². The summed E-state index contributed by atoms with van der Waals surface area (Å²) in [5.74, 6) is 0.323. The molecule has 3 nitrogen and oxygen atoms in total. The molecule has 4 heteroatoms. The number of hydrogen-bond donors (Lipinski definition) is 0. The zero-order chi connectivity index (χ0) is 17.8. The minimum atomic E-state index is -2.67. The minimum absolute atomic E-state index is 0.323. The van der Waals surface area contributed by atoms with Crippen LogP contribution >= 0.6 is 0 Å². The highest BCUT2D eigenvalue weighted by Crippen LogP contribution is 2.34. The molecule has 0 aliphatic heterocycles. The Kier molecular flexibility index (Phi) is 10.2. The SMILES string of the molecule is C=C(c1ccccc1)C(CCCC)C[Si](OCC)(OCC)OCC. The molecule has 0 bridgehead atoms. The Morgan fingerprint density at radius 3 is 1.96 bits per heavy atom. The maximum Gasteiger partial charge on any atom is 0.501 e. The van der Waals surface area contributed by atoms with E-state index >= 15 is 0 Å². The van der Waals surface area contributed by atoms with Crippen molar-refractivity contribution in [1.29, 1.82) is 0 Å². The first-order chi connectivity index (χ1) is 11.6. The van der Waals surface area contributed by atoms with Crippen molar-refractivity contribution in [3.05, 3.63) is 42.5 Å². The van der Waals surface area contributed by atoms with Crippen molar-refractivity contribution >= 4 is 14.4 Å². The van der Waals surface area contributed by atoms with Gasteiger partial charge in [0.1, 0.15) is 0 Å².